The lowest BCUT2D eigenvalue weighted by molar-refractivity contribution is -0.123. The van der Waals surface area contributed by atoms with Crippen LogP contribution in [-0.2, 0) is 23.1 Å². The minimum Gasteiger partial charge on any atom is -0.484 e. The molecule has 0 spiro atoms. The number of halogens is 1. The fourth-order valence-corrected chi connectivity index (χ4v) is 6.34. The molecule has 1 aromatic carbocycles. The SMILES string of the molecule is Cn1c(=O)n(CCN2CCN(c3ccc(OCC(=O)NCCN4CCOCC4)cc3F)CC2)c2nc(N)n3nc(-c4ccco4)cc3c21. The van der Waals surface area contributed by atoms with Gasteiger partial charge in [-0.05, 0) is 30.3 Å². The van der Waals surface area contributed by atoms with Gasteiger partial charge in [0.1, 0.15) is 22.8 Å². The molecule has 7 rings (SSSR count). The van der Waals surface area contributed by atoms with E-state index in [2.05, 4.69) is 25.2 Å². The van der Waals surface area contributed by atoms with E-state index >= 15 is 4.39 Å². The van der Waals surface area contributed by atoms with Gasteiger partial charge >= 0.3 is 5.69 Å². The Bertz CT molecular complexity index is 1960. The zero-order chi connectivity index (χ0) is 33.2. The molecule has 2 aliphatic rings. The van der Waals surface area contributed by atoms with Crippen molar-refractivity contribution in [1.82, 2.24) is 38.8 Å². The van der Waals surface area contributed by atoms with Gasteiger partial charge in [0, 0.05) is 78.6 Å². The van der Waals surface area contributed by atoms with Gasteiger partial charge in [-0.15, -0.1) is 0 Å². The molecule has 1 amide bonds. The number of imidazole rings is 1. The maximum Gasteiger partial charge on any atom is 0.330 e. The summed E-state index contributed by atoms with van der Waals surface area (Å²) in [5.41, 5.74) is 8.95. The van der Waals surface area contributed by atoms with Crippen LogP contribution in [0, 0.1) is 5.82 Å². The second-order valence-corrected chi connectivity index (χ2v) is 12.0. The zero-order valence-corrected chi connectivity index (χ0v) is 26.8. The monoisotopic (exact) mass is 662 g/mol. The molecule has 15 nitrogen and oxygen atoms in total. The van der Waals surface area contributed by atoms with Crippen molar-refractivity contribution in [2.75, 3.05) is 89.4 Å². The molecule has 4 aromatic heterocycles. The van der Waals surface area contributed by atoms with Crippen LogP contribution < -0.4 is 26.4 Å². The highest BCUT2D eigenvalue weighted by molar-refractivity contribution is 5.91. The number of carbonyl (C=O) groups excluding carboxylic acids is 1. The van der Waals surface area contributed by atoms with Gasteiger partial charge in [0.2, 0.25) is 5.95 Å². The number of hydrogen-bond donors (Lipinski definition) is 2. The van der Waals surface area contributed by atoms with Gasteiger partial charge in [-0.25, -0.2) is 9.18 Å². The molecule has 6 heterocycles. The smallest absolute Gasteiger partial charge is 0.330 e. The topological polar surface area (TPSA) is 154 Å². The van der Waals surface area contributed by atoms with E-state index in [0.29, 0.717) is 98.6 Å². The second kappa shape index (κ2) is 13.7. The third-order valence-electron chi connectivity index (χ3n) is 8.98. The number of carbonyl (C=O) groups is 1. The molecule has 0 unspecified atom stereocenters. The second-order valence-electron chi connectivity index (χ2n) is 12.0. The number of aromatic nitrogens is 5. The Hall–Kier alpha value is -4.93. The number of anilines is 2. The quantitative estimate of drug-likeness (QED) is 0.208. The van der Waals surface area contributed by atoms with Crippen LogP contribution >= 0.6 is 0 Å². The maximum atomic E-state index is 15.1. The minimum atomic E-state index is -0.402. The normalized spacial score (nSPS) is 16.2. The largest absolute Gasteiger partial charge is 0.484 e. The van der Waals surface area contributed by atoms with E-state index in [-0.39, 0.29) is 24.2 Å². The lowest BCUT2D eigenvalue weighted by Gasteiger charge is -2.36. The number of ether oxygens (including phenoxy) is 2. The molecule has 2 fully saturated rings. The Morgan fingerprint density at radius 2 is 1.83 bits per heavy atom. The highest BCUT2D eigenvalue weighted by Gasteiger charge is 2.23. The standard InChI is InChI=1S/C32H39FN10O5/c1-38-29-26-20-24(27-3-2-16-47-27)37-43(26)31(34)36-30(29)42(32(38)45)13-10-40-8-11-41(12-9-40)25-5-4-22(19-23(25)33)48-21-28(44)35-6-7-39-14-17-46-18-15-39/h2-5,16,19-20H,6-15,17-18,21H2,1H3,(H2,34,36)(H,35,44). The number of fused-ring (bicyclic) bond motifs is 3. The summed E-state index contributed by atoms with van der Waals surface area (Å²) in [4.78, 5) is 36.6. The number of nitrogen functional groups attached to an aromatic ring is 1. The van der Waals surface area contributed by atoms with Crippen molar-refractivity contribution in [3.8, 4) is 17.2 Å². The van der Waals surface area contributed by atoms with Crippen molar-refractivity contribution in [2.24, 2.45) is 7.05 Å². The molecular formula is C32H39FN10O5. The van der Waals surface area contributed by atoms with Gasteiger partial charge in [-0.3, -0.25) is 23.7 Å². The summed E-state index contributed by atoms with van der Waals surface area (Å²) in [6.07, 6.45) is 1.57. The molecule has 2 aliphatic heterocycles. The predicted octanol–water partition coefficient (Wildman–Crippen LogP) is 1.01. The molecule has 0 bridgehead atoms. The molecule has 3 N–H and O–H groups in total. The van der Waals surface area contributed by atoms with Crippen molar-refractivity contribution in [3.63, 3.8) is 0 Å². The molecule has 0 atom stereocenters. The number of benzene rings is 1. The number of nitrogens with one attached hydrogen (secondary N) is 1. The average Bonchev–Trinajstić information content (AvgIpc) is 3.84. The summed E-state index contributed by atoms with van der Waals surface area (Å²) in [5, 5.41) is 7.37. The number of furan rings is 1. The molecule has 0 saturated carbocycles. The lowest BCUT2D eigenvalue weighted by Crippen LogP contribution is -2.47. The number of amides is 1. The van der Waals surface area contributed by atoms with Crippen molar-refractivity contribution >= 4 is 34.2 Å². The van der Waals surface area contributed by atoms with Crippen LogP contribution in [-0.4, -0.2) is 118 Å². The molecule has 254 valence electrons. The highest BCUT2D eigenvalue weighted by atomic mass is 19.1. The summed E-state index contributed by atoms with van der Waals surface area (Å²) >= 11 is 0. The summed E-state index contributed by atoms with van der Waals surface area (Å²) in [7, 11) is 1.71. The number of hydrogen-bond acceptors (Lipinski definition) is 11. The minimum absolute atomic E-state index is 0.171. The molecule has 48 heavy (non-hydrogen) atoms. The maximum absolute atomic E-state index is 15.1. The van der Waals surface area contributed by atoms with Crippen LogP contribution in [0.4, 0.5) is 16.0 Å². The van der Waals surface area contributed by atoms with Crippen LogP contribution in [0.15, 0.2) is 51.9 Å². The van der Waals surface area contributed by atoms with Crippen LogP contribution in [0.2, 0.25) is 0 Å². The van der Waals surface area contributed by atoms with Crippen molar-refractivity contribution in [2.45, 2.75) is 6.54 Å². The molecule has 5 aromatic rings. The first kappa shape index (κ1) is 31.7. The van der Waals surface area contributed by atoms with E-state index < -0.39 is 5.82 Å². The van der Waals surface area contributed by atoms with E-state index in [9.17, 15) is 9.59 Å². The van der Waals surface area contributed by atoms with Crippen LogP contribution in [0.3, 0.4) is 0 Å². The third-order valence-corrected chi connectivity index (χ3v) is 8.98. The lowest BCUT2D eigenvalue weighted by atomic mass is 10.2. The molecule has 2 saturated heterocycles. The molecule has 16 heteroatoms. The van der Waals surface area contributed by atoms with Crippen LogP contribution in [0.1, 0.15) is 0 Å². The first-order chi connectivity index (χ1) is 23.4. The highest BCUT2D eigenvalue weighted by Crippen LogP contribution is 2.27. The summed E-state index contributed by atoms with van der Waals surface area (Å²) < 4.78 is 36.2. The van der Waals surface area contributed by atoms with Gasteiger partial charge in [0.25, 0.3) is 5.91 Å². The van der Waals surface area contributed by atoms with Gasteiger partial charge in [-0.2, -0.15) is 14.6 Å². The van der Waals surface area contributed by atoms with Crippen molar-refractivity contribution in [1.29, 1.82) is 0 Å². The van der Waals surface area contributed by atoms with Crippen molar-refractivity contribution < 1.29 is 23.1 Å². The van der Waals surface area contributed by atoms with E-state index in [4.69, 9.17) is 19.6 Å². The Kier molecular flexibility index (Phi) is 9.01. The fraction of sp³-hybridized carbons (Fsp3) is 0.438. The fourth-order valence-electron chi connectivity index (χ4n) is 6.34. The number of nitrogens with zero attached hydrogens (tertiary/aromatic N) is 8. The van der Waals surface area contributed by atoms with Gasteiger partial charge in [0.05, 0.1) is 30.7 Å². The first-order valence-corrected chi connectivity index (χ1v) is 16.1. The van der Waals surface area contributed by atoms with Gasteiger partial charge in [0.15, 0.2) is 18.0 Å². The number of piperazine rings is 1. The van der Waals surface area contributed by atoms with Gasteiger partial charge < -0.3 is 29.8 Å². The summed E-state index contributed by atoms with van der Waals surface area (Å²) in [6, 6.07) is 10.1. The van der Waals surface area contributed by atoms with Gasteiger partial charge in [-0.1, -0.05) is 0 Å². The molecule has 0 aliphatic carbocycles. The number of nitrogens with two attached hydrogens (primary N) is 1. The van der Waals surface area contributed by atoms with E-state index in [1.807, 2.05) is 17.0 Å². The van der Waals surface area contributed by atoms with Crippen molar-refractivity contribution in [3.05, 3.63) is 59.0 Å². The first-order valence-electron chi connectivity index (χ1n) is 16.1. The Morgan fingerprint density at radius 1 is 1.04 bits per heavy atom. The van der Waals surface area contributed by atoms with E-state index in [0.717, 1.165) is 19.6 Å². The summed E-state index contributed by atoms with van der Waals surface area (Å²) in [6.45, 7) is 7.88. The average molecular weight is 663 g/mol. The van der Waals surface area contributed by atoms with E-state index in [1.165, 1.54) is 10.6 Å². The Labute approximate surface area is 275 Å². The molecular weight excluding hydrogens is 623 g/mol. The van der Waals surface area contributed by atoms with Crippen LogP contribution in [0.5, 0.6) is 5.75 Å². The Morgan fingerprint density at radius 3 is 2.58 bits per heavy atom. The zero-order valence-electron chi connectivity index (χ0n) is 26.8. The number of aryl methyl sites for hydroxylation is 1. The Balaban J connectivity index is 0.927. The van der Waals surface area contributed by atoms with Crippen LogP contribution in [0.25, 0.3) is 28.1 Å². The number of rotatable bonds is 11. The predicted molar refractivity (Wildman–Crippen MR) is 177 cm³/mol. The molecule has 0 radical (unpaired) electrons. The summed E-state index contributed by atoms with van der Waals surface area (Å²) in [5.74, 6) is 0.418. The third kappa shape index (κ3) is 6.46. The number of morpholine rings is 1. The van der Waals surface area contributed by atoms with E-state index in [1.54, 1.807) is 40.6 Å².